The number of nitrogen functional groups attached to an aromatic ring is 1. The molecule has 2 nitrogen and oxygen atoms in total. The molecule has 88 valence electrons. The Morgan fingerprint density at radius 3 is 2.50 bits per heavy atom. The first kappa shape index (κ1) is 13.1. The van der Waals surface area contributed by atoms with Crippen molar-refractivity contribution >= 4 is 21.6 Å². The molecule has 0 heterocycles. The van der Waals surface area contributed by atoms with E-state index in [-0.39, 0.29) is 5.41 Å². The number of benzene rings is 1. The Bertz CT molecular complexity index is 370. The largest absolute Gasteiger partial charge is 0.486 e. The number of hydrogen-bond acceptors (Lipinski definition) is 2. The second-order valence-corrected chi connectivity index (χ2v) is 5.58. The van der Waals surface area contributed by atoms with Gasteiger partial charge >= 0.3 is 0 Å². The summed E-state index contributed by atoms with van der Waals surface area (Å²) in [7, 11) is 0. The van der Waals surface area contributed by atoms with Crippen LogP contribution in [0, 0.1) is 0 Å². The Morgan fingerprint density at radius 2 is 2.06 bits per heavy atom. The van der Waals surface area contributed by atoms with E-state index >= 15 is 0 Å². The van der Waals surface area contributed by atoms with E-state index in [4.69, 9.17) is 10.5 Å². The van der Waals surface area contributed by atoms with Crippen LogP contribution >= 0.6 is 15.9 Å². The maximum atomic E-state index is 5.97. The number of ether oxygens (including phenoxy) is 1. The highest BCUT2D eigenvalue weighted by Gasteiger charge is 2.17. The van der Waals surface area contributed by atoms with Crippen LogP contribution in [0.2, 0.25) is 0 Å². The molecule has 3 heteroatoms. The lowest BCUT2D eigenvalue weighted by Crippen LogP contribution is -2.12. The molecule has 1 rings (SSSR count). The molecule has 0 saturated heterocycles. The second-order valence-electron chi connectivity index (χ2n) is 4.73. The molecule has 1 aromatic carbocycles. The summed E-state index contributed by atoms with van der Waals surface area (Å²) in [5.41, 5.74) is 7.88. The highest BCUT2D eigenvalue weighted by Crippen LogP contribution is 2.36. The summed E-state index contributed by atoms with van der Waals surface area (Å²) in [6.45, 7) is 10.5. The standard InChI is InChI=1S/C13H18BrNO/c1-5-6-16-12-10(14)7-9(8-11(12)15)13(2,3)4/h5,7-8H,1,6,15H2,2-4H3. The predicted molar refractivity (Wildman–Crippen MR) is 72.9 cm³/mol. The molecule has 2 N–H and O–H groups in total. The van der Waals surface area contributed by atoms with E-state index in [2.05, 4.69) is 49.3 Å². The zero-order chi connectivity index (χ0) is 12.3. The van der Waals surface area contributed by atoms with Crippen molar-refractivity contribution in [3.8, 4) is 5.75 Å². The van der Waals surface area contributed by atoms with Crippen molar-refractivity contribution in [2.75, 3.05) is 12.3 Å². The molecule has 0 atom stereocenters. The summed E-state index contributed by atoms with van der Waals surface area (Å²) in [6.07, 6.45) is 1.70. The molecular formula is C13H18BrNO. The van der Waals surface area contributed by atoms with E-state index < -0.39 is 0 Å². The van der Waals surface area contributed by atoms with Gasteiger partial charge in [-0.2, -0.15) is 0 Å². The average Bonchev–Trinajstić information content (AvgIpc) is 2.15. The van der Waals surface area contributed by atoms with Gasteiger partial charge in [-0.15, -0.1) is 0 Å². The third kappa shape index (κ3) is 3.01. The molecule has 0 fully saturated rings. The quantitative estimate of drug-likeness (QED) is 0.675. The van der Waals surface area contributed by atoms with Gasteiger partial charge in [0.15, 0.2) is 5.75 Å². The molecule has 0 saturated carbocycles. The molecule has 0 unspecified atom stereocenters. The summed E-state index contributed by atoms with van der Waals surface area (Å²) in [6, 6.07) is 4.01. The first-order valence-electron chi connectivity index (χ1n) is 5.19. The molecule has 16 heavy (non-hydrogen) atoms. The lowest BCUT2D eigenvalue weighted by molar-refractivity contribution is 0.362. The van der Waals surface area contributed by atoms with Crippen LogP contribution in [-0.4, -0.2) is 6.61 Å². The number of hydrogen-bond donors (Lipinski definition) is 1. The molecule has 0 radical (unpaired) electrons. The van der Waals surface area contributed by atoms with Gasteiger partial charge in [0.1, 0.15) is 6.61 Å². The minimum Gasteiger partial charge on any atom is -0.486 e. The van der Waals surface area contributed by atoms with Gasteiger partial charge in [-0.25, -0.2) is 0 Å². The van der Waals surface area contributed by atoms with Gasteiger partial charge in [-0.05, 0) is 39.0 Å². The molecule has 0 aliphatic rings. The van der Waals surface area contributed by atoms with Crippen molar-refractivity contribution in [3.05, 3.63) is 34.8 Å². The molecule has 0 aliphatic carbocycles. The van der Waals surface area contributed by atoms with Crippen molar-refractivity contribution in [2.45, 2.75) is 26.2 Å². The van der Waals surface area contributed by atoms with E-state index in [9.17, 15) is 0 Å². The Hall–Kier alpha value is -0.960. The number of anilines is 1. The Kier molecular flexibility index (Phi) is 4.03. The van der Waals surface area contributed by atoms with Crippen LogP contribution in [0.1, 0.15) is 26.3 Å². The van der Waals surface area contributed by atoms with Crippen molar-refractivity contribution in [1.29, 1.82) is 0 Å². The van der Waals surface area contributed by atoms with Gasteiger partial charge in [-0.1, -0.05) is 33.4 Å². The van der Waals surface area contributed by atoms with E-state index in [1.54, 1.807) is 6.08 Å². The molecule has 0 bridgehead atoms. The van der Waals surface area contributed by atoms with Crippen LogP contribution < -0.4 is 10.5 Å². The smallest absolute Gasteiger partial charge is 0.156 e. The molecule has 0 amide bonds. The topological polar surface area (TPSA) is 35.2 Å². The minimum absolute atomic E-state index is 0.0770. The van der Waals surface area contributed by atoms with Crippen LogP contribution in [0.5, 0.6) is 5.75 Å². The van der Waals surface area contributed by atoms with Gasteiger partial charge in [0, 0.05) is 0 Å². The van der Waals surface area contributed by atoms with Crippen LogP contribution in [0.4, 0.5) is 5.69 Å². The third-order valence-corrected chi connectivity index (χ3v) is 2.87. The summed E-state index contributed by atoms with van der Waals surface area (Å²) in [5.74, 6) is 0.688. The first-order valence-corrected chi connectivity index (χ1v) is 5.98. The fourth-order valence-electron chi connectivity index (χ4n) is 1.34. The van der Waals surface area contributed by atoms with Gasteiger partial charge in [0.25, 0.3) is 0 Å². The highest BCUT2D eigenvalue weighted by atomic mass is 79.9. The van der Waals surface area contributed by atoms with Gasteiger partial charge in [0.2, 0.25) is 0 Å². The average molecular weight is 284 g/mol. The third-order valence-electron chi connectivity index (χ3n) is 2.28. The molecular weight excluding hydrogens is 266 g/mol. The SMILES string of the molecule is C=CCOc1c(N)cc(C(C)(C)C)cc1Br. The fraction of sp³-hybridized carbons (Fsp3) is 0.385. The highest BCUT2D eigenvalue weighted by molar-refractivity contribution is 9.10. The minimum atomic E-state index is 0.0770. The molecule has 0 spiro atoms. The van der Waals surface area contributed by atoms with E-state index in [0.717, 1.165) is 4.47 Å². The van der Waals surface area contributed by atoms with Crippen LogP contribution in [0.25, 0.3) is 0 Å². The zero-order valence-corrected chi connectivity index (χ0v) is 11.6. The van der Waals surface area contributed by atoms with E-state index in [1.165, 1.54) is 5.56 Å². The molecule has 0 aliphatic heterocycles. The van der Waals surface area contributed by atoms with Crippen molar-refractivity contribution in [2.24, 2.45) is 0 Å². The molecule has 0 aromatic heterocycles. The van der Waals surface area contributed by atoms with Gasteiger partial charge in [-0.3, -0.25) is 0 Å². The Morgan fingerprint density at radius 1 is 1.44 bits per heavy atom. The lowest BCUT2D eigenvalue weighted by Gasteiger charge is -2.21. The lowest BCUT2D eigenvalue weighted by atomic mass is 9.87. The van der Waals surface area contributed by atoms with Crippen LogP contribution in [0.3, 0.4) is 0 Å². The Labute approximate surface area is 106 Å². The maximum Gasteiger partial charge on any atom is 0.156 e. The number of halogens is 1. The molecule has 1 aromatic rings. The first-order chi connectivity index (χ1) is 7.36. The zero-order valence-electron chi connectivity index (χ0n) is 10.0. The number of rotatable bonds is 3. The maximum absolute atomic E-state index is 5.97. The summed E-state index contributed by atoms with van der Waals surface area (Å²) < 4.78 is 6.38. The van der Waals surface area contributed by atoms with Gasteiger partial charge < -0.3 is 10.5 Å². The number of nitrogens with two attached hydrogens (primary N) is 1. The summed E-state index contributed by atoms with van der Waals surface area (Å²) in [5, 5.41) is 0. The van der Waals surface area contributed by atoms with Crippen molar-refractivity contribution in [1.82, 2.24) is 0 Å². The normalized spacial score (nSPS) is 11.2. The second kappa shape index (κ2) is 4.91. The summed E-state index contributed by atoms with van der Waals surface area (Å²) >= 11 is 3.48. The van der Waals surface area contributed by atoms with Crippen LogP contribution in [0.15, 0.2) is 29.3 Å². The summed E-state index contributed by atoms with van der Waals surface area (Å²) in [4.78, 5) is 0. The monoisotopic (exact) mass is 283 g/mol. The van der Waals surface area contributed by atoms with Crippen molar-refractivity contribution in [3.63, 3.8) is 0 Å². The van der Waals surface area contributed by atoms with Crippen molar-refractivity contribution < 1.29 is 4.74 Å². The van der Waals surface area contributed by atoms with Gasteiger partial charge in [0.05, 0.1) is 10.2 Å². The van der Waals surface area contributed by atoms with E-state index in [0.29, 0.717) is 18.0 Å². The Balaban J connectivity index is 3.12. The fourth-order valence-corrected chi connectivity index (χ4v) is 1.93. The van der Waals surface area contributed by atoms with Crippen LogP contribution in [-0.2, 0) is 5.41 Å². The van der Waals surface area contributed by atoms with E-state index in [1.807, 2.05) is 6.07 Å². The predicted octanol–water partition coefficient (Wildman–Crippen LogP) is 3.89.